The van der Waals surface area contributed by atoms with E-state index in [0.717, 1.165) is 18.9 Å². The van der Waals surface area contributed by atoms with Crippen molar-refractivity contribution in [1.29, 1.82) is 0 Å². The van der Waals surface area contributed by atoms with Crippen molar-refractivity contribution < 1.29 is 9.53 Å². The third-order valence-corrected chi connectivity index (χ3v) is 5.60. The van der Waals surface area contributed by atoms with Crippen LogP contribution < -0.4 is 5.32 Å². The highest BCUT2D eigenvalue weighted by molar-refractivity contribution is 5.76. The summed E-state index contributed by atoms with van der Waals surface area (Å²) in [7, 11) is 0. The molecule has 3 fully saturated rings. The smallest absolute Gasteiger partial charge is 0.240 e. The van der Waals surface area contributed by atoms with Crippen molar-refractivity contribution in [3.63, 3.8) is 0 Å². The molecule has 1 N–H and O–H groups in total. The summed E-state index contributed by atoms with van der Waals surface area (Å²) in [5.74, 6) is 1.95. The topological polar surface area (TPSA) is 56.2 Å². The zero-order valence-electron chi connectivity index (χ0n) is 12.3. The number of aromatic nitrogens is 2. The first-order chi connectivity index (χ1) is 10.3. The molecular weight excluding hydrogens is 266 g/mol. The highest BCUT2D eigenvalue weighted by Gasteiger charge is 2.56. The first-order valence-electron chi connectivity index (χ1n) is 8.19. The summed E-state index contributed by atoms with van der Waals surface area (Å²) in [6, 6.07) is 0.330. The van der Waals surface area contributed by atoms with Crippen molar-refractivity contribution in [2.75, 3.05) is 6.61 Å². The number of rotatable bonds is 4. The average molecular weight is 289 g/mol. The molecule has 0 aromatic carbocycles. The number of hydrogen-bond donors (Lipinski definition) is 1. The van der Waals surface area contributed by atoms with Gasteiger partial charge in [0, 0.05) is 36.9 Å². The molecule has 1 saturated heterocycles. The largest absolute Gasteiger partial charge is 0.377 e. The monoisotopic (exact) mass is 289 g/mol. The van der Waals surface area contributed by atoms with E-state index in [4.69, 9.17) is 4.74 Å². The van der Waals surface area contributed by atoms with Gasteiger partial charge in [-0.05, 0) is 12.3 Å². The van der Waals surface area contributed by atoms with Crippen molar-refractivity contribution in [2.24, 2.45) is 17.8 Å². The predicted octanol–water partition coefficient (Wildman–Crippen LogP) is 1.59. The molecule has 2 aliphatic carbocycles. The second-order valence-corrected chi connectivity index (χ2v) is 6.74. The predicted molar refractivity (Wildman–Crippen MR) is 77.5 cm³/mol. The lowest BCUT2D eigenvalue weighted by molar-refractivity contribution is -0.130. The van der Waals surface area contributed by atoms with Crippen molar-refractivity contribution >= 4 is 5.91 Å². The fourth-order valence-electron chi connectivity index (χ4n) is 4.64. The summed E-state index contributed by atoms with van der Waals surface area (Å²) < 4.78 is 7.75. The van der Waals surface area contributed by atoms with E-state index in [0.29, 0.717) is 30.5 Å². The number of amides is 1. The minimum absolute atomic E-state index is 0.103. The molecule has 1 amide bonds. The lowest BCUT2D eigenvalue weighted by Gasteiger charge is -2.50. The molecule has 114 valence electrons. The molecule has 21 heavy (non-hydrogen) atoms. The van der Waals surface area contributed by atoms with Crippen molar-refractivity contribution in [3.05, 3.63) is 18.7 Å². The van der Waals surface area contributed by atoms with Gasteiger partial charge in [0.25, 0.3) is 0 Å². The number of ether oxygens (including phenoxy) is 1. The molecule has 3 aliphatic rings. The molecule has 5 heteroatoms. The number of carbonyl (C=O) groups is 1. The molecule has 1 aromatic rings. The highest BCUT2D eigenvalue weighted by atomic mass is 16.5. The van der Waals surface area contributed by atoms with Crippen LogP contribution in [0.3, 0.4) is 0 Å². The lowest BCUT2D eigenvalue weighted by Crippen LogP contribution is -2.63. The van der Waals surface area contributed by atoms with Gasteiger partial charge in [-0.25, -0.2) is 4.98 Å². The summed E-state index contributed by atoms with van der Waals surface area (Å²) >= 11 is 0. The van der Waals surface area contributed by atoms with Crippen LogP contribution in [-0.4, -0.2) is 34.2 Å². The molecule has 2 saturated carbocycles. The molecule has 0 spiro atoms. The van der Waals surface area contributed by atoms with Crippen LogP contribution in [0, 0.1) is 17.8 Å². The van der Waals surface area contributed by atoms with Crippen LogP contribution in [-0.2, 0) is 16.1 Å². The normalized spacial score (nSPS) is 35.4. The Bertz CT molecular complexity index is 491. The van der Waals surface area contributed by atoms with Crippen molar-refractivity contribution in [3.8, 4) is 0 Å². The zero-order chi connectivity index (χ0) is 14.2. The summed E-state index contributed by atoms with van der Waals surface area (Å²) in [6.07, 6.45) is 12.0. The minimum Gasteiger partial charge on any atom is -0.377 e. The molecule has 0 radical (unpaired) electrons. The van der Waals surface area contributed by atoms with Crippen LogP contribution >= 0.6 is 0 Å². The van der Waals surface area contributed by atoms with Crippen LogP contribution in [0.4, 0.5) is 0 Å². The van der Waals surface area contributed by atoms with Gasteiger partial charge in [0.2, 0.25) is 5.91 Å². The molecule has 4 atom stereocenters. The van der Waals surface area contributed by atoms with E-state index in [1.807, 2.05) is 10.8 Å². The zero-order valence-corrected chi connectivity index (χ0v) is 12.3. The number of fused-ring (bicyclic) bond motifs is 1. The summed E-state index contributed by atoms with van der Waals surface area (Å²) in [4.78, 5) is 16.2. The Morgan fingerprint density at radius 3 is 2.95 bits per heavy atom. The van der Waals surface area contributed by atoms with E-state index in [2.05, 4.69) is 10.3 Å². The number of carbonyl (C=O) groups excluding carboxylic acids is 1. The number of hydrogen-bond acceptors (Lipinski definition) is 3. The number of nitrogens with one attached hydrogen (secondary N) is 1. The second-order valence-electron chi connectivity index (χ2n) is 6.74. The van der Waals surface area contributed by atoms with E-state index >= 15 is 0 Å². The Hall–Kier alpha value is -1.36. The third kappa shape index (κ3) is 2.37. The Morgan fingerprint density at radius 1 is 1.33 bits per heavy atom. The van der Waals surface area contributed by atoms with Crippen LogP contribution in [0.15, 0.2) is 18.7 Å². The van der Waals surface area contributed by atoms with Crippen LogP contribution in [0.25, 0.3) is 0 Å². The molecule has 1 aromatic heterocycles. The fraction of sp³-hybridized carbons (Fsp3) is 0.750. The standard InChI is InChI=1S/C16H23N3O2/c20-13(9-19-7-6-17-10-19)18-15-12-5-8-21-16(12)14(15)11-3-1-2-4-11/h6-7,10-12,14-16H,1-5,8-9H2,(H,18,20)/t12-,14+,15+,16-/m0/s1. The molecule has 1 aliphatic heterocycles. The van der Waals surface area contributed by atoms with Gasteiger partial charge < -0.3 is 14.6 Å². The molecular formula is C16H23N3O2. The maximum Gasteiger partial charge on any atom is 0.240 e. The Labute approximate surface area is 125 Å². The van der Waals surface area contributed by atoms with Crippen LogP contribution in [0.5, 0.6) is 0 Å². The molecule has 4 rings (SSSR count). The summed E-state index contributed by atoms with van der Waals surface area (Å²) in [5, 5.41) is 3.29. The molecule has 5 nitrogen and oxygen atoms in total. The van der Waals surface area contributed by atoms with Crippen molar-refractivity contribution in [2.45, 2.75) is 50.8 Å². The average Bonchev–Trinajstić information content (AvgIpc) is 3.18. The molecule has 2 heterocycles. The van der Waals surface area contributed by atoms with Crippen LogP contribution in [0.1, 0.15) is 32.1 Å². The van der Waals surface area contributed by atoms with Gasteiger partial charge >= 0.3 is 0 Å². The minimum atomic E-state index is 0.103. The van der Waals surface area contributed by atoms with Crippen LogP contribution in [0.2, 0.25) is 0 Å². The van der Waals surface area contributed by atoms with E-state index < -0.39 is 0 Å². The van der Waals surface area contributed by atoms with E-state index in [1.165, 1.54) is 25.7 Å². The van der Waals surface area contributed by atoms with Gasteiger partial charge in [-0.15, -0.1) is 0 Å². The third-order valence-electron chi connectivity index (χ3n) is 5.60. The van der Waals surface area contributed by atoms with E-state index in [-0.39, 0.29) is 5.91 Å². The quantitative estimate of drug-likeness (QED) is 0.916. The van der Waals surface area contributed by atoms with Gasteiger partial charge in [0.05, 0.1) is 12.4 Å². The fourth-order valence-corrected chi connectivity index (χ4v) is 4.64. The van der Waals surface area contributed by atoms with E-state index in [1.54, 1.807) is 12.5 Å². The maximum atomic E-state index is 12.3. The van der Waals surface area contributed by atoms with Gasteiger partial charge in [0.1, 0.15) is 6.54 Å². The van der Waals surface area contributed by atoms with Gasteiger partial charge in [0.15, 0.2) is 0 Å². The SMILES string of the molecule is O=C(Cn1ccnc1)N[C@@H]1[C@@H]2CCO[C@@H]2[C@@H]1C1CCCC1. The second kappa shape index (κ2) is 5.44. The summed E-state index contributed by atoms with van der Waals surface area (Å²) in [6.45, 7) is 1.23. The first kappa shape index (κ1) is 13.3. The molecule has 0 bridgehead atoms. The van der Waals surface area contributed by atoms with Crippen molar-refractivity contribution in [1.82, 2.24) is 14.9 Å². The maximum absolute atomic E-state index is 12.3. The number of imidazole rings is 1. The molecule has 0 unspecified atom stereocenters. The van der Waals surface area contributed by atoms with Gasteiger partial charge in [-0.3, -0.25) is 4.79 Å². The Balaban J connectivity index is 1.41. The highest BCUT2D eigenvalue weighted by Crippen LogP contribution is 2.51. The lowest BCUT2D eigenvalue weighted by atomic mass is 9.61. The van der Waals surface area contributed by atoms with Gasteiger partial charge in [-0.1, -0.05) is 25.7 Å². The Morgan fingerprint density at radius 2 is 2.19 bits per heavy atom. The summed E-state index contributed by atoms with van der Waals surface area (Å²) in [5.41, 5.74) is 0. The Kier molecular flexibility index (Phi) is 3.45. The van der Waals surface area contributed by atoms with E-state index in [9.17, 15) is 4.79 Å². The number of nitrogens with zero attached hydrogens (tertiary/aromatic N) is 2. The first-order valence-corrected chi connectivity index (χ1v) is 8.19. The van der Waals surface area contributed by atoms with Gasteiger partial charge in [-0.2, -0.15) is 0 Å².